The van der Waals surface area contributed by atoms with Crippen molar-refractivity contribution >= 4 is 18.0 Å². The van der Waals surface area contributed by atoms with Gasteiger partial charge in [0.2, 0.25) is 0 Å². The zero-order valence-electron chi connectivity index (χ0n) is 17.6. The molecule has 1 amide bonds. The molecule has 0 aliphatic carbocycles. The molecule has 27 heavy (non-hydrogen) atoms. The Kier molecular flexibility index (Phi) is 10.7. The molecule has 7 nitrogen and oxygen atoms in total. The number of hydrogen-bond acceptors (Lipinski definition) is 6. The summed E-state index contributed by atoms with van der Waals surface area (Å²) >= 11 is 0. The van der Waals surface area contributed by atoms with Crippen LogP contribution in [0.3, 0.4) is 0 Å². The Morgan fingerprint density at radius 3 is 2.07 bits per heavy atom. The van der Waals surface area contributed by atoms with Gasteiger partial charge in [0, 0.05) is 12.6 Å². The van der Waals surface area contributed by atoms with Crippen LogP contribution in [0, 0.1) is 16.7 Å². The third kappa shape index (κ3) is 12.9. The van der Waals surface area contributed by atoms with Crippen molar-refractivity contribution in [1.29, 1.82) is 0 Å². The van der Waals surface area contributed by atoms with Crippen molar-refractivity contribution in [3.05, 3.63) is 12.7 Å². The lowest BCUT2D eigenvalue weighted by Crippen LogP contribution is -2.34. The topological polar surface area (TPSA) is 90.9 Å². The van der Waals surface area contributed by atoms with Gasteiger partial charge in [0.15, 0.2) is 0 Å². The molecule has 1 atom stereocenters. The van der Waals surface area contributed by atoms with E-state index in [1.165, 1.54) is 0 Å². The first-order chi connectivity index (χ1) is 12.4. The Morgan fingerprint density at radius 2 is 1.56 bits per heavy atom. The van der Waals surface area contributed by atoms with E-state index >= 15 is 0 Å². The Morgan fingerprint density at radius 1 is 0.963 bits per heavy atom. The molecule has 7 heteroatoms. The fraction of sp³-hybridized carbons (Fsp3) is 0.750. The van der Waals surface area contributed by atoms with E-state index in [4.69, 9.17) is 14.2 Å². The molecule has 0 heterocycles. The lowest BCUT2D eigenvalue weighted by atomic mass is 9.72. The SMILES string of the molecule is C=CC(=O)OCCCNC(=O)OCCOC(=O)C(CC(C)(C)C)C(C)(C)C. The Labute approximate surface area is 162 Å². The summed E-state index contributed by atoms with van der Waals surface area (Å²) < 4.78 is 15.0. The monoisotopic (exact) mass is 385 g/mol. The van der Waals surface area contributed by atoms with Gasteiger partial charge in [-0.05, 0) is 23.7 Å². The molecule has 0 saturated heterocycles. The van der Waals surface area contributed by atoms with Gasteiger partial charge in [0.05, 0.1) is 12.5 Å². The number of amides is 1. The molecule has 0 aromatic rings. The first kappa shape index (κ1) is 24.9. The minimum absolute atomic E-state index is 0.00729. The van der Waals surface area contributed by atoms with E-state index in [9.17, 15) is 14.4 Å². The smallest absolute Gasteiger partial charge is 0.407 e. The molecule has 0 rings (SSSR count). The van der Waals surface area contributed by atoms with Crippen LogP contribution >= 0.6 is 0 Å². The third-order valence-electron chi connectivity index (χ3n) is 3.71. The van der Waals surface area contributed by atoms with Crippen molar-refractivity contribution < 1.29 is 28.6 Å². The van der Waals surface area contributed by atoms with E-state index in [1.807, 2.05) is 20.8 Å². The number of rotatable bonds is 10. The van der Waals surface area contributed by atoms with Gasteiger partial charge in [-0.2, -0.15) is 0 Å². The predicted molar refractivity (Wildman–Crippen MR) is 103 cm³/mol. The fourth-order valence-electron chi connectivity index (χ4n) is 2.28. The number of ether oxygens (including phenoxy) is 3. The van der Waals surface area contributed by atoms with Gasteiger partial charge >= 0.3 is 18.0 Å². The van der Waals surface area contributed by atoms with Gasteiger partial charge in [-0.3, -0.25) is 4.79 Å². The van der Waals surface area contributed by atoms with Crippen LogP contribution in [0.1, 0.15) is 54.4 Å². The summed E-state index contributed by atoms with van der Waals surface area (Å²) in [5.41, 5.74) is -0.203. The number of carbonyl (C=O) groups is 3. The highest BCUT2D eigenvalue weighted by Gasteiger charge is 2.35. The predicted octanol–water partition coefficient (Wildman–Crippen LogP) is 3.47. The van der Waals surface area contributed by atoms with E-state index in [2.05, 4.69) is 32.7 Å². The van der Waals surface area contributed by atoms with Crippen LogP contribution in [-0.4, -0.2) is 44.4 Å². The summed E-state index contributed by atoms with van der Waals surface area (Å²) in [5, 5.41) is 2.52. The van der Waals surface area contributed by atoms with Crippen molar-refractivity contribution in [3.8, 4) is 0 Å². The summed E-state index contributed by atoms with van der Waals surface area (Å²) in [6, 6.07) is 0. The van der Waals surface area contributed by atoms with E-state index in [1.54, 1.807) is 0 Å². The van der Waals surface area contributed by atoms with Crippen LogP contribution in [-0.2, 0) is 23.8 Å². The molecule has 156 valence electrons. The van der Waals surface area contributed by atoms with Crippen LogP contribution in [0.25, 0.3) is 0 Å². The molecule has 0 aliphatic heterocycles. The van der Waals surface area contributed by atoms with Gasteiger partial charge < -0.3 is 19.5 Å². The molecule has 0 bridgehead atoms. The number of carbonyl (C=O) groups excluding carboxylic acids is 3. The van der Waals surface area contributed by atoms with Crippen LogP contribution in [0.5, 0.6) is 0 Å². The second-order valence-corrected chi connectivity index (χ2v) is 8.64. The number of nitrogens with one attached hydrogen (secondary N) is 1. The highest BCUT2D eigenvalue weighted by Crippen LogP contribution is 2.36. The summed E-state index contributed by atoms with van der Waals surface area (Å²) in [7, 11) is 0. The van der Waals surface area contributed by atoms with Crippen LogP contribution in [0.15, 0.2) is 12.7 Å². The first-order valence-electron chi connectivity index (χ1n) is 9.23. The maximum atomic E-state index is 12.4. The minimum atomic E-state index is -0.608. The number of esters is 2. The van der Waals surface area contributed by atoms with Gasteiger partial charge in [0.1, 0.15) is 13.2 Å². The molecule has 0 aromatic heterocycles. The summed E-state index contributed by atoms with van der Waals surface area (Å²) in [5.74, 6) is -1.01. The largest absolute Gasteiger partial charge is 0.462 e. The molecule has 0 aliphatic rings. The van der Waals surface area contributed by atoms with Gasteiger partial charge in [-0.15, -0.1) is 0 Å². The van der Waals surface area contributed by atoms with E-state index in [0.717, 1.165) is 6.08 Å². The quantitative estimate of drug-likeness (QED) is 0.268. The molecule has 1 unspecified atom stereocenters. The van der Waals surface area contributed by atoms with Crippen molar-refractivity contribution in [2.45, 2.75) is 54.4 Å². The van der Waals surface area contributed by atoms with Gasteiger partial charge in [0.25, 0.3) is 0 Å². The molecule has 0 aromatic carbocycles. The standard InChI is InChI=1S/C20H35NO6/c1-8-16(22)25-11-9-10-21-18(24)27-13-12-26-17(23)15(20(5,6)7)14-19(2,3)4/h8,15H,1,9-14H2,2-7H3,(H,21,24). The Balaban J connectivity index is 4.06. The summed E-state index contributed by atoms with van der Waals surface area (Å²) in [6.45, 7) is 16.1. The van der Waals surface area contributed by atoms with Crippen LogP contribution in [0.4, 0.5) is 4.79 Å². The average Bonchev–Trinajstić information content (AvgIpc) is 2.54. The van der Waals surface area contributed by atoms with E-state index in [0.29, 0.717) is 19.4 Å². The lowest BCUT2D eigenvalue weighted by Gasteiger charge is -2.33. The zero-order chi connectivity index (χ0) is 21.1. The molecule has 0 fully saturated rings. The summed E-state index contributed by atoms with van der Waals surface area (Å²) in [6.07, 6.45) is 1.65. The highest BCUT2D eigenvalue weighted by molar-refractivity contribution is 5.81. The second-order valence-electron chi connectivity index (χ2n) is 8.64. The van der Waals surface area contributed by atoms with Crippen LogP contribution in [0.2, 0.25) is 0 Å². The van der Waals surface area contributed by atoms with Crippen molar-refractivity contribution in [1.82, 2.24) is 5.32 Å². The number of hydrogen-bond donors (Lipinski definition) is 1. The van der Waals surface area contributed by atoms with E-state index < -0.39 is 12.1 Å². The third-order valence-corrected chi connectivity index (χ3v) is 3.71. The normalized spacial score (nSPS) is 12.7. The van der Waals surface area contributed by atoms with E-state index in [-0.39, 0.29) is 42.5 Å². The molecule has 1 N–H and O–H groups in total. The van der Waals surface area contributed by atoms with Crippen molar-refractivity contribution in [2.75, 3.05) is 26.4 Å². The molecular weight excluding hydrogens is 350 g/mol. The fourth-order valence-corrected chi connectivity index (χ4v) is 2.28. The maximum absolute atomic E-state index is 12.4. The highest BCUT2D eigenvalue weighted by atomic mass is 16.6. The maximum Gasteiger partial charge on any atom is 0.407 e. The van der Waals surface area contributed by atoms with Crippen LogP contribution < -0.4 is 5.32 Å². The number of alkyl carbamates (subject to hydrolysis) is 1. The van der Waals surface area contributed by atoms with Crippen molar-refractivity contribution in [3.63, 3.8) is 0 Å². The molecule has 0 spiro atoms. The minimum Gasteiger partial charge on any atom is -0.462 e. The Bertz CT molecular complexity index is 502. The van der Waals surface area contributed by atoms with Crippen molar-refractivity contribution in [2.24, 2.45) is 16.7 Å². The molecule has 0 saturated carbocycles. The molecular formula is C20H35NO6. The van der Waals surface area contributed by atoms with Gasteiger partial charge in [-0.1, -0.05) is 48.1 Å². The first-order valence-corrected chi connectivity index (χ1v) is 9.23. The average molecular weight is 386 g/mol. The second kappa shape index (κ2) is 11.6. The molecule has 0 radical (unpaired) electrons. The lowest BCUT2D eigenvalue weighted by molar-refractivity contribution is -0.155. The Hall–Kier alpha value is -2.05. The van der Waals surface area contributed by atoms with Gasteiger partial charge in [-0.25, -0.2) is 9.59 Å². The summed E-state index contributed by atoms with van der Waals surface area (Å²) in [4.78, 5) is 34.8. The zero-order valence-corrected chi connectivity index (χ0v) is 17.6.